The minimum atomic E-state index is -2.90. The molecule has 0 bridgehead atoms. The van der Waals surface area contributed by atoms with Gasteiger partial charge in [-0.15, -0.1) is 0 Å². The fraction of sp³-hybridized carbons (Fsp3) is 0.500. The maximum Gasteiger partial charge on any atom is 0.387 e. The largest absolute Gasteiger partial charge is 0.549 e. The number of carbonyl (C=O) groups is 1. The molecular weight excluding hydrogens is 206 g/mol. The van der Waals surface area contributed by atoms with Crippen LogP contribution in [0.2, 0.25) is 0 Å². The Morgan fingerprint density at radius 3 is 2.67 bits per heavy atom. The molecule has 2 unspecified atom stereocenters. The van der Waals surface area contributed by atoms with E-state index < -0.39 is 23.9 Å². The van der Waals surface area contributed by atoms with Crippen molar-refractivity contribution in [3.8, 4) is 0 Å². The molecule has 15 heavy (non-hydrogen) atoms. The van der Waals surface area contributed by atoms with Crippen LogP contribution in [0.3, 0.4) is 0 Å². The smallest absolute Gasteiger partial charge is 0.387 e. The van der Waals surface area contributed by atoms with Crippen LogP contribution in [-0.4, -0.2) is 12.6 Å². The highest BCUT2D eigenvalue weighted by Gasteiger charge is 2.32. The molecule has 1 rings (SSSR count). The topological polar surface area (TPSA) is 49.4 Å². The first kappa shape index (κ1) is 11.7. The number of aliphatic carboxylic acids is 1. The van der Waals surface area contributed by atoms with Gasteiger partial charge in [-0.3, -0.25) is 0 Å². The van der Waals surface area contributed by atoms with Crippen LogP contribution in [0.5, 0.6) is 0 Å². The van der Waals surface area contributed by atoms with Crippen molar-refractivity contribution in [1.82, 2.24) is 0 Å². The molecule has 0 radical (unpaired) electrons. The number of halogens is 2. The number of ether oxygens (including phenoxy) is 1. The van der Waals surface area contributed by atoms with Crippen molar-refractivity contribution in [2.45, 2.75) is 20.5 Å². The summed E-state index contributed by atoms with van der Waals surface area (Å²) >= 11 is 0. The van der Waals surface area contributed by atoms with Crippen molar-refractivity contribution in [2.75, 3.05) is 0 Å². The number of alkyl halides is 2. The van der Waals surface area contributed by atoms with E-state index in [2.05, 4.69) is 4.74 Å². The van der Waals surface area contributed by atoms with Crippen molar-refractivity contribution in [3.05, 3.63) is 24.0 Å². The molecule has 0 heterocycles. The first-order valence-electron chi connectivity index (χ1n) is 4.43. The Bertz CT molecular complexity index is 323. The van der Waals surface area contributed by atoms with Crippen LogP contribution in [0, 0.1) is 11.3 Å². The normalized spacial score (nSPS) is 30.2. The first-order valence-corrected chi connectivity index (χ1v) is 4.43. The van der Waals surface area contributed by atoms with Gasteiger partial charge in [0.05, 0.1) is 5.97 Å². The van der Waals surface area contributed by atoms with E-state index in [-0.39, 0.29) is 5.76 Å². The molecule has 0 N–H and O–H groups in total. The van der Waals surface area contributed by atoms with E-state index in [0.29, 0.717) is 0 Å². The maximum absolute atomic E-state index is 11.9. The summed E-state index contributed by atoms with van der Waals surface area (Å²) in [5.74, 6) is -1.71. The van der Waals surface area contributed by atoms with E-state index in [1.165, 1.54) is 25.2 Å². The van der Waals surface area contributed by atoms with Crippen LogP contribution in [0.25, 0.3) is 0 Å². The number of carboxylic acids is 1. The van der Waals surface area contributed by atoms with Crippen LogP contribution in [0.1, 0.15) is 13.8 Å². The molecule has 0 aliphatic heterocycles. The highest BCUT2D eigenvalue weighted by Crippen LogP contribution is 2.34. The summed E-state index contributed by atoms with van der Waals surface area (Å²) in [6.45, 7) is 0.174. The van der Waals surface area contributed by atoms with E-state index in [0.717, 1.165) is 0 Å². The minimum Gasteiger partial charge on any atom is -0.549 e. The zero-order valence-electron chi connectivity index (χ0n) is 8.37. The lowest BCUT2D eigenvalue weighted by molar-refractivity contribution is -0.317. The SMILES string of the molecule is CC1C=C(OC(F)F)C=CC1(C)C(=O)[O-]. The van der Waals surface area contributed by atoms with E-state index in [9.17, 15) is 18.7 Å². The molecular formula is C10H11F2O3-. The molecule has 0 amide bonds. The molecule has 0 saturated carbocycles. The number of allylic oxidation sites excluding steroid dienone is 2. The number of hydrogen-bond acceptors (Lipinski definition) is 3. The van der Waals surface area contributed by atoms with Crippen LogP contribution in [0.4, 0.5) is 8.78 Å². The lowest BCUT2D eigenvalue weighted by atomic mass is 9.75. The zero-order valence-corrected chi connectivity index (χ0v) is 8.37. The predicted molar refractivity (Wildman–Crippen MR) is 46.6 cm³/mol. The quantitative estimate of drug-likeness (QED) is 0.710. The van der Waals surface area contributed by atoms with Gasteiger partial charge in [-0.1, -0.05) is 19.9 Å². The standard InChI is InChI=1S/C10H12F2O3/c1-6-5-7(15-9(11)12)3-4-10(6,2)8(13)14/h3-6,9H,1-2H3,(H,13,14)/p-1. The second-order valence-corrected chi connectivity index (χ2v) is 3.64. The van der Waals surface area contributed by atoms with Gasteiger partial charge in [0.2, 0.25) is 0 Å². The van der Waals surface area contributed by atoms with Gasteiger partial charge in [-0.05, 0) is 18.1 Å². The van der Waals surface area contributed by atoms with Crippen molar-refractivity contribution >= 4 is 5.97 Å². The predicted octanol–water partition coefficient (Wildman–Crippen LogP) is 1.07. The van der Waals surface area contributed by atoms with Crippen molar-refractivity contribution < 1.29 is 23.4 Å². The molecule has 0 fully saturated rings. The van der Waals surface area contributed by atoms with Gasteiger partial charge in [0.1, 0.15) is 5.76 Å². The molecule has 0 spiro atoms. The summed E-state index contributed by atoms with van der Waals surface area (Å²) in [5.41, 5.74) is -1.17. The number of hydrogen-bond donors (Lipinski definition) is 0. The summed E-state index contributed by atoms with van der Waals surface area (Å²) in [6.07, 6.45) is 3.88. The third kappa shape index (κ3) is 2.34. The molecule has 0 aromatic heterocycles. The third-order valence-corrected chi connectivity index (χ3v) is 2.62. The van der Waals surface area contributed by atoms with E-state index in [1.54, 1.807) is 6.92 Å². The molecule has 3 nitrogen and oxygen atoms in total. The second-order valence-electron chi connectivity index (χ2n) is 3.64. The average Bonchev–Trinajstić information content (AvgIpc) is 2.10. The van der Waals surface area contributed by atoms with Gasteiger partial charge in [0.15, 0.2) is 0 Å². The van der Waals surface area contributed by atoms with Crippen LogP contribution in [-0.2, 0) is 9.53 Å². The fourth-order valence-corrected chi connectivity index (χ4v) is 1.32. The molecule has 1 aliphatic carbocycles. The molecule has 0 saturated heterocycles. The Hall–Kier alpha value is -1.39. The van der Waals surface area contributed by atoms with Crippen molar-refractivity contribution in [3.63, 3.8) is 0 Å². The Labute approximate surface area is 86.0 Å². The zero-order chi connectivity index (χ0) is 11.6. The maximum atomic E-state index is 11.9. The summed E-state index contributed by atoms with van der Waals surface area (Å²) in [4.78, 5) is 10.8. The second kappa shape index (κ2) is 4.00. The summed E-state index contributed by atoms with van der Waals surface area (Å²) < 4.78 is 27.9. The number of rotatable bonds is 3. The van der Waals surface area contributed by atoms with E-state index in [4.69, 9.17) is 0 Å². The Kier molecular flexibility index (Phi) is 3.12. The monoisotopic (exact) mass is 217 g/mol. The van der Waals surface area contributed by atoms with Crippen molar-refractivity contribution in [1.29, 1.82) is 0 Å². The van der Waals surface area contributed by atoms with Gasteiger partial charge in [0, 0.05) is 5.41 Å². The molecule has 5 heteroatoms. The molecule has 84 valence electrons. The molecule has 1 aliphatic rings. The van der Waals surface area contributed by atoms with Crippen LogP contribution >= 0.6 is 0 Å². The van der Waals surface area contributed by atoms with Gasteiger partial charge >= 0.3 is 6.61 Å². The lowest BCUT2D eigenvalue weighted by Gasteiger charge is -2.34. The van der Waals surface area contributed by atoms with Crippen LogP contribution < -0.4 is 5.11 Å². The lowest BCUT2D eigenvalue weighted by Crippen LogP contribution is -2.43. The van der Waals surface area contributed by atoms with E-state index >= 15 is 0 Å². The average molecular weight is 217 g/mol. The highest BCUT2D eigenvalue weighted by molar-refractivity contribution is 5.76. The fourth-order valence-electron chi connectivity index (χ4n) is 1.32. The summed E-state index contributed by atoms with van der Waals surface area (Å²) in [5, 5.41) is 10.8. The minimum absolute atomic E-state index is 0.0174. The van der Waals surface area contributed by atoms with Gasteiger partial charge in [-0.25, -0.2) is 0 Å². The Balaban J connectivity index is 2.83. The Morgan fingerprint density at radius 2 is 2.27 bits per heavy atom. The van der Waals surface area contributed by atoms with E-state index in [1.807, 2.05) is 0 Å². The first-order chi connectivity index (χ1) is 6.86. The van der Waals surface area contributed by atoms with Crippen molar-refractivity contribution in [2.24, 2.45) is 11.3 Å². The summed E-state index contributed by atoms with van der Waals surface area (Å²) in [7, 11) is 0. The Morgan fingerprint density at radius 1 is 1.67 bits per heavy atom. The van der Waals surface area contributed by atoms with Gasteiger partial charge in [-0.2, -0.15) is 8.78 Å². The number of carboxylic acid groups (broad SMARTS) is 1. The third-order valence-electron chi connectivity index (χ3n) is 2.62. The summed E-state index contributed by atoms with van der Waals surface area (Å²) in [6, 6.07) is 0. The molecule has 2 atom stereocenters. The van der Waals surface area contributed by atoms with Gasteiger partial charge < -0.3 is 14.6 Å². The highest BCUT2D eigenvalue weighted by atomic mass is 19.3. The van der Waals surface area contributed by atoms with Crippen LogP contribution in [0.15, 0.2) is 24.0 Å². The molecule has 0 aromatic carbocycles. The molecule has 0 aromatic rings. The van der Waals surface area contributed by atoms with Gasteiger partial charge in [0.25, 0.3) is 0 Å². The number of carbonyl (C=O) groups excluding carboxylic acids is 1.